The van der Waals surface area contributed by atoms with E-state index >= 15 is 0 Å². The highest BCUT2D eigenvalue weighted by atomic mass is 16.5. The Kier molecular flexibility index (Phi) is 5.32. The van der Waals surface area contributed by atoms with Gasteiger partial charge in [-0.2, -0.15) is 0 Å². The Morgan fingerprint density at radius 2 is 1.55 bits per heavy atom. The fourth-order valence-corrected chi connectivity index (χ4v) is 3.85. The molecule has 6 heteroatoms. The fourth-order valence-electron chi connectivity index (χ4n) is 3.85. The number of imidazole rings is 1. The first-order valence-electron chi connectivity index (χ1n) is 10.6. The molecular weight excluding hydrogens is 412 g/mol. The third-order valence-electron chi connectivity index (χ3n) is 5.45. The van der Waals surface area contributed by atoms with Crippen molar-refractivity contribution in [3.8, 4) is 22.8 Å². The van der Waals surface area contributed by atoms with Crippen molar-refractivity contribution in [2.24, 2.45) is 0 Å². The SMILES string of the molecule is Cc1nc2cnc(-c3ccccc3Oc3ccccc3)c(C)n2c1NC(=O)c1ccccc1. The number of carbonyl (C=O) groups is 1. The van der Waals surface area contributed by atoms with Gasteiger partial charge in [-0.1, -0.05) is 48.5 Å². The van der Waals surface area contributed by atoms with Crippen molar-refractivity contribution >= 4 is 17.4 Å². The maximum Gasteiger partial charge on any atom is 0.256 e. The highest BCUT2D eigenvalue weighted by molar-refractivity contribution is 6.04. The molecule has 0 saturated carbocycles. The number of para-hydroxylation sites is 2. The maximum atomic E-state index is 12.8. The summed E-state index contributed by atoms with van der Waals surface area (Å²) in [5.41, 5.74) is 4.42. The molecule has 0 fully saturated rings. The molecule has 5 rings (SSSR count). The lowest BCUT2D eigenvalue weighted by atomic mass is 10.1. The molecule has 5 aromatic rings. The van der Waals surface area contributed by atoms with Gasteiger partial charge >= 0.3 is 0 Å². The summed E-state index contributed by atoms with van der Waals surface area (Å²) in [7, 11) is 0. The van der Waals surface area contributed by atoms with E-state index in [-0.39, 0.29) is 5.91 Å². The molecule has 0 radical (unpaired) electrons. The molecule has 1 amide bonds. The minimum absolute atomic E-state index is 0.189. The number of hydrogen-bond donors (Lipinski definition) is 1. The van der Waals surface area contributed by atoms with Gasteiger partial charge in [0.2, 0.25) is 0 Å². The summed E-state index contributed by atoms with van der Waals surface area (Å²) in [6.45, 7) is 3.84. The summed E-state index contributed by atoms with van der Waals surface area (Å²) in [5, 5.41) is 3.03. The standard InChI is InChI=1S/C27H22N4O2/c1-18-26(30-27(32)20-11-5-3-6-12-20)31-19(2)25(28-17-24(31)29-18)22-15-9-10-16-23(22)33-21-13-7-4-8-14-21/h3-17H,1-2H3,(H,30,32). The van der Waals surface area contributed by atoms with Crippen molar-refractivity contribution in [3.63, 3.8) is 0 Å². The van der Waals surface area contributed by atoms with Crippen LogP contribution in [0.3, 0.4) is 0 Å². The number of nitrogens with one attached hydrogen (secondary N) is 1. The van der Waals surface area contributed by atoms with E-state index < -0.39 is 0 Å². The van der Waals surface area contributed by atoms with E-state index in [4.69, 9.17) is 9.72 Å². The molecule has 0 saturated heterocycles. The Morgan fingerprint density at radius 1 is 0.879 bits per heavy atom. The molecule has 162 valence electrons. The molecule has 0 aliphatic heterocycles. The summed E-state index contributed by atoms with van der Waals surface area (Å²) in [6, 6.07) is 26.6. The molecule has 0 bridgehead atoms. The smallest absolute Gasteiger partial charge is 0.256 e. The van der Waals surface area contributed by atoms with Crippen LogP contribution in [0.2, 0.25) is 0 Å². The average Bonchev–Trinajstić information content (AvgIpc) is 3.17. The monoisotopic (exact) mass is 434 g/mol. The van der Waals surface area contributed by atoms with E-state index in [9.17, 15) is 4.79 Å². The molecule has 33 heavy (non-hydrogen) atoms. The average molecular weight is 434 g/mol. The van der Waals surface area contributed by atoms with Crippen molar-refractivity contribution in [1.82, 2.24) is 14.4 Å². The van der Waals surface area contributed by atoms with Crippen molar-refractivity contribution in [3.05, 3.63) is 108 Å². The van der Waals surface area contributed by atoms with Crippen molar-refractivity contribution in [1.29, 1.82) is 0 Å². The van der Waals surface area contributed by atoms with Crippen LogP contribution in [0.4, 0.5) is 5.82 Å². The van der Waals surface area contributed by atoms with E-state index in [1.165, 1.54) is 0 Å². The number of aryl methyl sites for hydroxylation is 2. The summed E-state index contributed by atoms with van der Waals surface area (Å²) in [4.78, 5) is 22.1. The Morgan fingerprint density at radius 3 is 2.30 bits per heavy atom. The number of anilines is 1. The van der Waals surface area contributed by atoms with Gasteiger partial charge in [0, 0.05) is 16.8 Å². The molecule has 0 spiro atoms. The van der Waals surface area contributed by atoms with Crippen molar-refractivity contribution < 1.29 is 9.53 Å². The molecule has 6 nitrogen and oxygen atoms in total. The first kappa shape index (κ1) is 20.5. The second-order valence-electron chi connectivity index (χ2n) is 7.66. The van der Waals surface area contributed by atoms with Crippen LogP contribution in [0.1, 0.15) is 21.7 Å². The van der Waals surface area contributed by atoms with E-state index in [1.807, 2.05) is 91.0 Å². The summed E-state index contributed by atoms with van der Waals surface area (Å²) in [6.07, 6.45) is 1.72. The molecular formula is C27H22N4O2. The van der Waals surface area contributed by atoms with Crippen LogP contribution in [0, 0.1) is 13.8 Å². The first-order valence-corrected chi connectivity index (χ1v) is 10.6. The molecule has 0 aliphatic carbocycles. The topological polar surface area (TPSA) is 68.5 Å². The van der Waals surface area contributed by atoms with Gasteiger partial charge in [0.1, 0.15) is 17.3 Å². The Labute approximate surface area is 191 Å². The number of ether oxygens (including phenoxy) is 1. The Hall–Kier alpha value is -4.45. The first-order chi connectivity index (χ1) is 16.1. The zero-order valence-corrected chi connectivity index (χ0v) is 18.3. The molecule has 2 aromatic heterocycles. The number of carbonyl (C=O) groups excluding carboxylic acids is 1. The fraction of sp³-hybridized carbons (Fsp3) is 0.0741. The molecule has 0 aliphatic rings. The molecule has 2 heterocycles. The number of rotatable bonds is 5. The summed E-state index contributed by atoms with van der Waals surface area (Å²) in [5.74, 6) is 1.89. The zero-order chi connectivity index (χ0) is 22.8. The van der Waals surface area contributed by atoms with Crippen LogP contribution in [-0.2, 0) is 0 Å². The predicted octanol–water partition coefficient (Wildman–Crippen LogP) is 6.06. The van der Waals surface area contributed by atoms with Crippen LogP contribution in [0.15, 0.2) is 91.1 Å². The lowest BCUT2D eigenvalue weighted by Gasteiger charge is -2.14. The number of nitrogens with zero attached hydrogens (tertiary/aromatic N) is 3. The van der Waals surface area contributed by atoms with Gasteiger partial charge in [-0.3, -0.25) is 14.2 Å². The van der Waals surface area contributed by atoms with E-state index in [0.717, 1.165) is 28.4 Å². The summed E-state index contributed by atoms with van der Waals surface area (Å²) < 4.78 is 8.08. The minimum atomic E-state index is -0.189. The van der Waals surface area contributed by atoms with Gasteiger partial charge in [-0.15, -0.1) is 0 Å². The van der Waals surface area contributed by atoms with E-state index in [2.05, 4.69) is 10.3 Å². The second kappa shape index (κ2) is 8.59. The quantitative estimate of drug-likeness (QED) is 0.365. The number of amides is 1. The van der Waals surface area contributed by atoms with Crippen LogP contribution < -0.4 is 10.1 Å². The molecule has 3 aromatic carbocycles. The normalized spacial score (nSPS) is 10.8. The van der Waals surface area contributed by atoms with Crippen LogP contribution >= 0.6 is 0 Å². The number of aromatic nitrogens is 3. The predicted molar refractivity (Wildman–Crippen MR) is 129 cm³/mol. The van der Waals surface area contributed by atoms with Gasteiger partial charge in [0.25, 0.3) is 5.91 Å². The summed E-state index contributed by atoms with van der Waals surface area (Å²) >= 11 is 0. The van der Waals surface area contributed by atoms with Gasteiger partial charge in [-0.25, -0.2) is 4.98 Å². The Bertz CT molecular complexity index is 1440. The van der Waals surface area contributed by atoms with Gasteiger partial charge < -0.3 is 10.1 Å². The van der Waals surface area contributed by atoms with Gasteiger partial charge in [0.05, 0.1) is 17.6 Å². The van der Waals surface area contributed by atoms with E-state index in [0.29, 0.717) is 22.8 Å². The number of hydrogen-bond acceptors (Lipinski definition) is 4. The van der Waals surface area contributed by atoms with Gasteiger partial charge in [0.15, 0.2) is 5.65 Å². The van der Waals surface area contributed by atoms with Crippen LogP contribution in [0.25, 0.3) is 16.9 Å². The van der Waals surface area contributed by atoms with Crippen molar-refractivity contribution in [2.45, 2.75) is 13.8 Å². The largest absolute Gasteiger partial charge is 0.457 e. The molecule has 1 N–H and O–H groups in total. The lowest BCUT2D eigenvalue weighted by molar-refractivity contribution is 0.102. The maximum absolute atomic E-state index is 12.8. The number of fused-ring (bicyclic) bond motifs is 1. The third kappa shape index (κ3) is 3.94. The Balaban J connectivity index is 1.59. The van der Waals surface area contributed by atoms with Crippen molar-refractivity contribution in [2.75, 3.05) is 5.32 Å². The zero-order valence-electron chi connectivity index (χ0n) is 18.3. The minimum Gasteiger partial charge on any atom is -0.457 e. The third-order valence-corrected chi connectivity index (χ3v) is 5.45. The van der Waals surface area contributed by atoms with Crippen LogP contribution in [0.5, 0.6) is 11.5 Å². The number of benzene rings is 3. The van der Waals surface area contributed by atoms with Crippen LogP contribution in [-0.4, -0.2) is 20.3 Å². The molecule has 0 atom stereocenters. The highest BCUT2D eigenvalue weighted by Crippen LogP contribution is 2.35. The van der Waals surface area contributed by atoms with E-state index in [1.54, 1.807) is 18.3 Å². The van der Waals surface area contributed by atoms with Gasteiger partial charge in [-0.05, 0) is 50.2 Å². The highest BCUT2D eigenvalue weighted by Gasteiger charge is 2.19. The molecule has 0 unspecified atom stereocenters. The second-order valence-corrected chi connectivity index (χ2v) is 7.66. The lowest BCUT2D eigenvalue weighted by Crippen LogP contribution is -2.15.